The number of likely N-dealkylation sites (tertiary alicyclic amines) is 2. The highest BCUT2D eigenvalue weighted by atomic mass is 19.1. The SMILES string of the molecule is C.Cc1nc(C)c(CNC2CCN(CCn3c(=O)ccc4ncc(F)cc43)CC2)cc1F.NC1CCN(CCn2c(=O)ccc3ncc(F)cc32)CC1. The zero-order chi connectivity index (χ0) is 36.8. The van der Waals surface area contributed by atoms with Crippen LogP contribution in [0.5, 0.6) is 0 Å². The quantitative estimate of drug-likeness (QED) is 0.225. The summed E-state index contributed by atoms with van der Waals surface area (Å²) in [5.74, 6) is -1.14. The third kappa shape index (κ3) is 10.1. The van der Waals surface area contributed by atoms with Crippen LogP contribution in [0.15, 0.2) is 64.4 Å². The van der Waals surface area contributed by atoms with Crippen molar-refractivity contribution in [2.24, 2.45) is 5.73 Å². The minimum Gasteiger partial charge on any atom is -0.328 e. The van der Waals surface area contributed by atoms with E-state index in [1.54, 1.807) is 34.3 Å². The number of halogens is 3. The maximum atomic E-state index is 13.8. The molecule has 53 heavy (non-hydrogen) atoms. The molecule has 5 aromatic heterocycles. The van der Waals surface area contributed by atoms with Crippen molar-refractivity contribution in [1.29, 1.82) is 0 Å². The van der Waals surface area contributed by atoms with Gasteiger partial charge in [-0.3, -0.25) is 24.5 Å². The third-order valence-electron chi connectivity index (χ3n) is 10.1. The molecule has 2 fully saturated rings. The van der Waals surface area contributed by atoms with E-state index in [9.17, 15) is 22.8 Å². The van der Waals surface area contributed by atoms with Crippen LogP contribution in [0.2, 0.25) is 0 Å². The number of fused-ring (bicyclic) bond motifs is 2. The van der Waals surface area contributed by atoms with Gasteiger partial charge in [0, 0.05) is 74.8 Å². The molecule has 3 N–H and O–H groups in total. The molecule has 0 radical (unpaired) electrons. The number of aromatic nitrogens is 5. The van der Waals surface area contributed by atoms with E-state index in [-0.39, 0.29) is 24.4 Å². The van der Waals surface area contributed by atoms with Crippen LogP contribution in [0.1, 0.15) is 50.1 Å². The molecule has 2 aliphatic rings. The lowest BCUT2D eigenvalue weighted by atomic mass is 10.0. The Bertz CT molecular complexity index is 2120. The Morgan fingerprint density at radius 1 is 0.717 bits per heavy atom. The van der Waals surface area contributed by atoms with E-state index >= 15 is 0 Å². The molecule has 5 aromatic rings. The van der Waals surface area contributed by atoms with Crippen molar-refractivity contribution >= 4 is 22.1 Å². The van der Waals surface area contributed by atoms with Gasteiger partial charge in [-0.1, -0.05) is 7.43 Å². The summed E-state index contributed by atoms with van der Waals surface area (Å²) in [6.45, 7) is 10.4. The molecule has 0 aliphatic carbocycles. The normalized spacial score (nSPS) is 16.0. The van der Waals surface area contributed by atoms with Crippen molar-refractivity contribution in [3.63, 3.8) is 0 Å². The van der Waals surface area contributed by atoms with E-state index < -0.39 is 11.6 Å². The third-order valence-corrected chi connectivity index (χ3v) is 10.1. The van der Waals surface area contributed by atoms with E-state index in [0.717, 1.165) is 75.9 Å². The van der Waals surface area contributed by atoms with E-state index in [1.165, 1.54) is 30.5 Å². The second-order valence-electron chi connectivity index (χ2n) is 13.7. The number of nitrogens with zero attached hydrogens (tertiary/aromatic N) is 7. The first-order valence-electron chi connectivity index (χ1n) is 17.9. The standard InChI is InChI=1S/C23H27F2N5O.C15H19FN4O.CH4/c1-15-17(11-20(25)16(2)28-15)13-26-19-5-7-29(8-6-19)9-10-30-22-12-18(24)14-27-21(22)3-4-23(30)31;16-11-9-14-13(18-10-11)1-2-15(21)20(14)8-7-19-5-3-12(17)4-6-19;/h3-4,11-12,14,19,26H,5-10,13H2,1-2H3;1-2,9-10,12H,3-8,17H2;1H4. The lowest BCUT2D eigenvalue weighted by Gasteiger charge is -2.32. The van der Waals surface area contributed by atoms with Crippen LogP contribution in [-0.2, 0) is 19.6 Å². The van der Waals surface area contributed by atoms with Crippen LogP contribution in [0, 0.1) is 31.3 Å². The maximum absolute atomic E-state index is 13.8. The number of rotatable bonds is 9. The Hall–Kier alpha value is -4.50. The van der Waals surface area contributed by atoms with Crippen LogP contribution >= 0.6 is 0 Å². The summed E-state index contributed by atoms with van der Waals surface area (Å²) in [6, 6.07) is 11.2. The fourth-order valence-corrected chi connectivity index (χ4v) is 6.94. The predicted molar refractivity (Wildman–Crippen MR) is 202 cm³/mol. The number of aryl methyl sites for hydroxylation is 2. The van der Waals surface area contributed by atoms with Crippen molar-refractivity contribution in [1.82, 2.24) is 39.2 Å². The van der Waals surface area contributed by atoms with Crippen molar-refractivity contribution in [2.45, 2.75) is 78.7 Å². The summed E-state index contributed by atoms with van der Waals surface area (Å²) in [4.78, 5) is 41.3. The van der Waals surface area contributed by atoms with Crippen molar-refractivity contribution < 1.29 is 13.2 Å². The summed E-state index contributed by atoms with van der Waals surface area (Å²) < 4.78 is 44.0. The number of piperidine rings is 2. The highest BCUT2D eigenvalue weighted by Crippen LogP contribution is 2.16. The molecule has 0 unspecified atom stereocenters. The Morgan fingerprint density at radius 3 is 1.72 bits per heavy atom. The van der Waals surface area contributed by atoms with Crippen LogP contribution in [0.3, 0.4) is 0 Å². The molecule has 7 heterocycles. The molecule has 0 aromatic carbocycles. The molecule has 0 amide bonds. The highest BCUT2D eigenvalue weighted by Gasteiger charge is 2.20. The predicted octanol–water partition coefficient (Wildman–Crippen LogP) is 4.54. The number of nitrogens with two attached hydrogens (primary N) is 1. The van der Waals surface area contributed by atoms with Gasteiger partial charge in [-0.25, -0.2) is 13.2 Å². The number of hydrogen-bond acceptors (Lipinski definition) is 9. The van der Waals surface area contributed by atoms with Gasteiger partial charge in [-0.05, 0) is 89.5 Å². The van der Waals surface area contributed by atoms with Gasteiger partial charge in [-0.2, -0.15) is 0 Å². The topological polar surface area (TPSA) is 127 Å². The average molecular weight is 734 g/mol. The molecule has 0 saturated carbocycles. The van der Waals surface area contributed by atoms with Gasteiger partial charge in [0.15, 0.2) is 0 Å². The number of hydrogen-bond donors (Lipinski definition) is 2. The lowest BCUT2D eigenvalue weighted by molar-refractivity contribution is 0.191. The molecule has 0 bridgehead atoms. The number of nitrogens with one attached hydrogen (secondary N) is 1. The van der Waals surface area contributed by atoms with Gasteiger partial charge in [0.25, 0.3) is 11.1 Å². The largest absolute Gasteiger partial charge is 0.328 e. The Kier molecular flexibility index (Phi) is 13.5. The highest BCUT2D eigenvalue weighted by molar-refractivity contribution is 5.74. The molecule has 0 spiro atoms. The fraction of sp³-hybridized carbons (Fsp3) is 0.462. The second-order valence-corrected chi connectivity index (χ2v) is 13.7. The summed E-state index contributed by atoms with van der Waals surface area (Å²) in [7, 11) is 0. The van der Waals surface area contributed by atoms with E-state index in [2.05, 4.69) is 30.1 Å². The zero-order valence-corrected chi connectivity index (χ0v) is 29.7. The van der Waals surface area contributed by atoms with Gasteiger partial charge >= 0.3 is 0 Å². The van der Waals surface area contributed by atoms with Gasteiger partial charge < -0.3 is 30.0 Å². The first-order chi connectivity index (χ1) is 25.0. The molecule has 0 atom stereocenters. The van der Waals surface area contributed by atoms with Crippen LogP contribution < -0.4 is 22.2 Å². The maximum Gasteiger partial charge on any atom is 0.251 e. The van der Waals surface area contributed by atoms with Crippen molar-refractivity contribution in [2.75, 3.05) is 39.3 Å². The van der Waals surface area contributed by atoms with Crippen molar-refractivity contribution in [3.8, 4) is 0 Å². The molecule has 2 aliphatic heterocycles. The molecule has 11 nitrogen and oxygen atoms in total. The fourth-order valence-electron chi connectivity index (χ4n) is 6.94. The van der Waals surface area contributed by atoms with E-state index in [0.29, 0.717) is 66.0 Å². The van der Waals surface area contributed by atoms with E-state index in [1.807, 2.05) is 6.92 Å². The molecular formula is C39H50F3N9O2. The van der Waals surface area contributed by atoms with Gasteiger partial charge in [0.05, 0.1) is 40.2 Å². The minimum absolute atomic E-state index is 0. The average Bonchev–Trinajstić information content (AvgIpc) is 3.13. The van der Waals surface area contributed by atoms with Gasteiger partial charge in [0.1, 0.15) is 17.5 Å². The van der Waals surface area contributed by atoms with Gasteiger partial charge in [-0.15, -0.1) is 0 Å². The first-order valence-corrected chi connectivity index (χ1v) is 17.9. The Morgan fingerprint density at radius 2 is 1.21 bits per heavy atom. The zero-order valence-electron chi connectivity index (χ0n) is 29.7. The first kappa shape index (κ1) is 39.7. The summed E-state index contributed by atoms with van der Waals surface area (Å²) in [6.07, 6.45) is 6.25. The second kappa shape index (κ2) is 18.0. The summed E-state index contributed by atoms with van der Waals surface area (Å²) >= 11 is 0. The Labute approximate surface area is 307 Å². The monoisotopic (exact) mass is 733 g/mol. The van der Waals surface area contributed by atoms with Crippen LogP contribution in [0.25, 0.3) is 22.1 Å². The molecule has 284 valence electrons. The van der Waals surface area contributed by atoms with E-state index in [4.69, 9.17) is 5.73 Å². The number of pyridine rings is 5. The summed E-state index contributed by atoms with van der Waals surface area (Å²) in [5, 5.41) is 3.52. The summed E-state index contributed by atoms with van der Waals surface area (Å²) in [5.41, 5.74) is 10.1. The Balaban J connectivity index is 0.000000215. The molecular weight excluding hydrogens is 683 g/mol. The molecule has 2 saturated heterocycles. The van der Waals surface area contributed by atoms with Crippen LogP contribution in [0.4, 0.5) is 13.2 Å². The molecule has 14 heteroatoms. The van der Waals surface area contributed by atoms with Crippen LogP contribution in [-0.4, -0.2) is 85.2 Å². The smallest absolute Gasteiger partial charge is 0.251 e. The lowest BCUT2D eigenvalue weighted by Crippen LogP contribution is -2.43. The minimum atomic E-state index is -0.447. The van der Waals surface area contributed by atoms with Gasteiger partial charge in [0.2, 0.25) is 0 Å². The molecule has 7 rings (SSSR count). The van der Waals surface area contributed by atoms with Crippen molar-refractivity contribution in [3.05, 3.63) is 110 Å².